The van der Waals surface area contributed by atoms with Crippen molar-refractivity contribution in [1.29, 1.82) is 0 Å². The molecule has 1 saturated heterocycles. The van der Waals surface area contributed by atoms with Gasteiger partial charge in [0.1, 0.15) is 0 Å². The molecule has 1 aliphatic heterocycles. The Bertz CT molecular complexity index is 173. The minimum atomic E-state index is -0.193. The van der Waals surface area contributed by atoms with E-state index in [2.05, 4.69) is 40.9 Å². The fraction of sp³-hybridized carbons (Fsp3) is 1.00. The van der Waals surface area contributed by atoms with Crippen molar-refractivity contribution in [3.8, 4) is 0 Å². The van der Waals surface area contributed by atoms with Crippen molar-refractivity contribution >= 4 is 11.8 Å². The Kier molecular flexibility index (Phi) is 3.01. The second-order valence-electron chi connectivity index (χ2n) is 4.57. The average molecular weight is 204 g/mol. The molecule has 13 heavy (non-hydrogen) atoms. The Balaban J connectivity index is 2.70. The van der Waals surface area contributed by atoms with E-state index in [-0.39, 0.29) is 17.5 Å². The first-order valence-electron chi connectivity index (χ1n) is 4.68. The van der Waals surface area contributed by atoms with Crippen LogP contribution in [0.3, 0.4) is 0 Å². The fourth-order valence-corrected chi connectivity index (χ4v) is 1.52. The molecule has 0 aliphatic carbocycles. The van der Waals surface area contributed by atoms with Crippen LogP contribution in [-0.2, 0) is 9.47 Å². The molecule has 1 unspecified atom stereocenters. The molecule has 1 aliphatic rings. The van der Waals surface area contributed by atoms with Gasteiger partial charge in [0.25, 0.3) is 0 Å². The van der Waals surface area contributed by atoms with Crippen molar-refractivity contribution in [2.75, 3.05) is 6.26 Å². The first kappa shape index (κ1) is 11.3. The summed E-state index contributed by atoms with van der Waals surface area (Å²) in [5.74, 6) is 0. The second-order valence-corrected chi connectivity index (χ2v) is 5.78. The van der Waals surface area contributed by atoms with Crippen LogP contribution in [0.4, 0.5) is 0 Å². The Hall–Kier alpha value is 0.270. The molecule has 1 fully saturated rings. The molecule has 0 aromatic carbocycles. The quantitative estimate of drug-likeness (QED) is 0.689. The smallest absolute Gasteiger partial charge is 0.170 e. The summed E-state index contributed by atoms with van der Waals surface area (Å²) >= 11 is 1.77. The zero-order valence-corrected chi connectivity index (χ0v) is 10.2. The van der Waals surface area contributed by atoms with E-state index in [0.29, 0.717) is 5.25 Å². The number of hydrogen-bond donors (Lipinski definition) is 0. The van der Waals surface area contributed by atoms with E-state index in [0.717, 1.165) is 0 Å². The molecule has 1 rings (SSSR count). The molecule has 0 saturated carbocycles. The second kappa shape index (κ2) is 3.44. The van der Waals surface area contributed by atoms with Gasteiger partial charge < -0.3 is 9.47 Å². The van der Waals surface area contributed by atoms with E-state index in [4.69, 9.17) is 9.47 Å². The van der Waals surface area contributed by atoms with E-state index in [9.17, 15) is 0 Å². The predicted octanol–water partition coefficient (Wildman–Crippen LogP) is 2.67. The summed E-state index contributed by atoms with van der Waals surface area (Å²) in [6, 6.07) is 0. The molecular weight excluding hydrogens is 184 g/mol. The van der Waals surface area contributed by atoms with Gasteiger partial charge in [0.05, 0.1) is 16.5 Å². The van der Waals surface area contributed by atoms with Gasteiger partial charge in [-0.25, -0.2) is 0 Å². The Morgan fingerprint density at radius 1 is 1.08 bits per heavy atom. The van der Waals surface area contributed by atoms with E-state index in [1.807, 2.05) is 0 Å². The number of ether oxygens (including phenoxy) is 2. The fourth-order valence-electron chi connectivity index (χ4n) is 1.19. The van der Waals surface area contributed by atoms with Crippen molar-refractivity contribution in [2.45, 2.75) is 57.4 Å². The summed E-state index contributed by atoms with van der Waals surface area (Å²) in [4.78, 5) is 0. The molecule has 0 aromatic heterocycles. The maximum atomic E-state index is 5.87. The van der Waals surface area contributed by atoms with Crippen molar-refractivity contribution in [1.82, 2.24) is 0 Å². The summed E-state index contributed by atoms with van der Waals surface area (Å²) in [5, 5.41) is 0.390. The molecular formula is C10H20O2S. The van der Waals surface area contributed by atoms with Crippen LogP contribution in [0, 0.1) is 0 Å². The molecule has 0 spiro atoms. The SMILES string of the molecule is CSC(C)C1OC(C)(C)C(C)(C)O1. The third-order valence-corrected chi connectivity index (χ3v) is 3.99. The van der Waals surface area contributed by atoms with Gasteiger partial charge in [-0.15, -0.1) is 0 Å². The number of rotatable bonds is 2. The summed E-state index contributed by atoms with van der Waals surface area (Å²) in [5.41, 5.74) is -0.386. The first-order chi connectivity index (χ1) is 5.80. The normalized spacial score (nSPS) is 29.1. The van der Waals surface area contributed by atoms with Gasteiger partial charge in [-0.05, 0) is 40.9 Å². The highest BCUT2D eigenvalue weighted by Gasteiger charge is 2.50. The Labute approximate surface area is 85.4 Å². The molecule has 0 bridgehead atoms. The third kappa shape index (κ3) is 2.03. The largest absolute Gasteiger partial charge is 0.343 e. The van der Waals surface area contributed by atoms with Crippen LogP contribution in [0.25, 0.3) is 0 Å². The van der Waals surface area contributed by atoms with Crippen molar-refractivity contribution < 1.29 is 9.47 Å². The molecule has 78 valence electrons. The highest BCUT2D eigenvalue weighted by Crippen LogP contribution is 2.40. The van der Waals surface area contributed by atoms with Crippen LogP contribution in [0.5, 0.6) is 0 Å². The first-order valence-corrected chi connectivity index (χ1v) is 5.97. The molecule has 0 N–H and O–H groups in total. The van der Waals surface area contributed by atoms with Gasteiger partial charge in [-0.1, -0.05) is 0 Å². The van der Waals surface area contributed by atoms with Crippen molar-refractivity contribution in [3.05, 3.63) is 0 Å². The van der Waals surface area contributed by atoms with Gasteiger partial charge >= 0.3 is 0 Å². The maximum Gasteiger partial charge on any atom is 0.170 e. The van der Waals surface area contributed by atoms with Crippen LogP contribution in [0.2, 0.25) is 0 Å². The number of thioether (sulfide) groups is 1. The molecule has 1 heterocycles. The highest BCUT2D eigenvalue weighted by atomic mass is 32.2. The van der Waals surface area contributed by atoms with Crippen molar-refractivity contribution in [2.24, 2.45) is 0 Å². The van der Waals surface area contributed by atoms with Gasteiger partial charge in [0.15, 0.2) is 6.29 Å². The van der Waals surface area contributed by atoms with E-state index in [1.54, 1.807) is 11.8 Å². The van der Waals surface area contributed by atoms with Gasteiger partial charge in [0.2, 0.25) is 0 Å². The Morgan fingerprint density at radius 3 is 1.77 bits per heavy atom. The van der Waals surface area contributed by atoms with Crippen molar-refractivity contribution in [3.63, 3.8) is 0 Å². The zero-order chi connectivity index (χ0) is 10.3. The van der Waals surface area contributed by atoms with Gasteiger partial charge in [-0.2, -0.15) is 11.8 Å². The minimum absolute atomic E-state index is 0.0694. The highest BCUT2D eigenvalue weighted by molar-refractivity contribution is 7.99. The summed E-state index contributed by atoms with van der Waals surface area (Å²) in [6.07, 6.45) is 2.01. The molecule has 0 aromatic rings. The van der Waals surface area contributed by atoms with Crippen LogP contribution in [0.15, 0.2) is 0 Å². The Morgan fingerprint density at radius 2 is 1.46 bits per heavy atom. The van der Waals surface area contributed by atoms with E-state index in [1.165, 1.54) is 0 Å². The molecule has 1 atom stereocenters. The standard InChI is InChI=1S/C10H20O2S/c1-7(13-6)8-11-9(2,3)10(4,5)12-8/h7-8H,1-6H3. The summed E-state index contributed by atoms with van der Waals surface area (Å²) < 4.78 is 11.7. The van der Waals surface area contributed by atoms with Crippen LogP contribution in [0.1, 0.15) is 34.6 Å². The van der Waals surface area contributed by atoms with Crippen LogP contribution in [-0.4, -0.2) is 29.0 Å². The zero-order valence-electron chi connectivity index (χ0n) is 9.38. The van der Waals surface area contributed by atoms with E-state index >= 15 is 0 Å². The molecule has 0 amide bonds. The molecule has 2 nitrogen and oxygen atoms in total. The maximum absolute atomic E-state index is 5.87. The van der Waals surface area contributed by atoms with E-state index < -0.39 is 0 Å². The average Bonchev–Trinajstić information content (AvgIpc) is 2.20. The summed E-state index contributed by atoms with van der Waals surface area (Å²) in [7, 11) is 0. The lowest BCUT2D eigenvalue weighted by Crippen LogP contribution is -2.41. The lowest BCUT2D eigenvalue weighted by atomic mass is 9.90. The topological polar surface area (TPSA) is 18.5 Å². The van der Waals surface area contributed by atoms with Crippen LogP contribution >= 0.6 is 11.8 Å². The molecule has 3 heteroatoms. The lowest BCUT2D eigenvalue weighted by Gasteiger charge is -2.30. The van der Waals surface area contributed by atoms with Gasteiger partial charge in [-0.3, -0.25) is 0 Å². The predicted molar refractivity (Wildman–Crippen MR) is 57.1 cm³/mol. The lowest BCUT2D eigenvalue weighted by molar-refractivity contribution is -0.0831. The van der Waals surface area contributed by atoms with Crippen LogP contribution < -0.4 is 0 Å². The minimum Gasteiger partial charge on any atom is -0.343 e. The third-order valence-electron chi connectivity index (χ3n) is 3.03. The molecule has 0 radical (unpaired) electrons. The monoisotopic (exact) mass is 204 g/mol. The van der Waals surface area contributed by atoms with Gasteiger partial charge in [0, 0.05) is 0 Å². The number of hydrogen-bond acceptors (Lipinski definition) is 3. The summed E-state index contributed by atoms with van der Waals surface area (Å²) in [6.45, 7) is 10.5.